The summed E-state index contributed by atoms with van der Waals surface area (Å²) in [5.74, 6) is 0.238. The van der Waals surface area contributed by atoms with Crippen LogP contribution < -0.4 is 5.32 Å². The van der Waals surface area contributed by atoms with Gasteiger partial charge in [-0.15, -0.1) is 23.1 Å². The second kappa shape index (κ2) is 7.42. The highest BCUT2D eigenvalue weighted by Crippen LogP contribution is 2.25. The van der Waals surface area contributed by atoms with Gasteiger partial charge in [0.15, 0.2) is 0 Å². The van der Waals surface area contributed by atoms with Crippen LogP contribution >= 0.6 is 39.0 Å². The molecule has 0 saturated heterocycles. The van der Waals surface area contributed by atoms with Gasteiger partial charge in [0.2, 0.25) is 5.91 Å². The minimum Gasteiger partial charge on any atom is -0.323 e. The van der Waals surface area contributed by atoms with E-state index in [0.29, 0.717) is 10.2 Å². The van der Waals surface area contributed by atoms with Gasteiger partial charge in [-0.05, 0) is 30.3 Å². The van der Waals surface area contributed by atoms with E-state index in [1.54, 1.807) is 17.4 Å². The fourth-order valence-electron chi connectivity index (χ4n) is 1.99. The van der Waals surface area contributed by atoms with Crippen molar-refractivity contribution in [1.29, 1.82) is 0 Å². The highest BCUT2D eigenvalue weighted by molar-refractivity contribution is 9.10. The number of thiazole rings is 1. The van der Waals surface area contributed by atoms with Gasteiger partial charge in [-0.2, -0.15) is 0 Å². The molecule has 118 valence electrons. The molecule has 0 fully saturated rings. The number of halogens is 2. The van der Waals surface area contributed by atoms with Crippen molar-refractivity contribution in [2.45, 2.75) is 5.75 Å². The largest absolute Gasteiger partial charge is 0.323 e. The first-order chi connectivity index (χ1) is 11.1. The first-order valence-electron chi connectivity index (χ1n) is 6.79. The molecule has 0 saturated carbocycles. The average molecular weight is 411 g/mol. The van der Waals surface area contributed by atoms with Crippen LogP contribution in [0.25, 0.3) is 10.2 Å². The highest BCUT2D eigenvalue weighted by Gasteiger charge is 2.09. The quantitative estimate of drug-likeness (QED) is 0.638. The number of nitrogens with zero attached hydrogens (tertiary/aromatic N) is 1. The molecule has 0 spiro atoms. The number of aromatic nitrogens is 1. The molecule has 2 aromatic carbocycles. The van der Waals surface area contributed by atoms with E-state index < -0.39 is 5.82 Å². The molecule has 0 radical (unpaired) electrons. The number of rotatable bonds is 5. The van der Waals surface area contributed by atoms with Gasteiger partial charge in [0.25, 0.3) is 0 Å². The van der Waals surface area contributed by atoms with E-state index in [0.717, 1.165) is 15.2 Å². The Morgan fingerprint density at radius 3 is 2.91 bits per heavy atom. The lowest BCUT2D eigenvalue weighted by Crippen LogP contribution is -2.15. The Kier molecular flexibility index (Phi) is 5.30. The fraction of sp³-hybridized carbons (Fsp3) is 0.125. The van der Waals surface area contributed by atoms with Crippen molar-refractivity contribution in [3.8, 4) is 0 Å². The molecule has 0 unspecified atom stereocenters. The van der Waals surface area contributed by atoms with Crippen LogP contribution in [0.15, 0.2) is 46.9 Å². The van der Waals surface area contributed by atoms with E-state index in [1.165, 1.54) is 23.9 Å². The summed E-state index contributed by atoms with van der Waals surface area (Å²) in [7, 11) is 0. The van der Waals surface area contributed by atoms with Crippen LogP contribution in [0.4, 0.5) is 10.1 Å². The van der Waals surface area contributed by atoms with Crippen molar-refractivity contribution in [1.82, 2.24) is 4.98 Å². The smallest absolute Gasteiger partial charge is 0.234 e. The van der Waals surface area contributed by atoms with E-state index >= 15 is 0 Å². The van der Waals surface area contributed by atoms with Gasteiger partial charge < -0.3 is 5.32 Å². The molecule has 1 amide bonds. The number of para-hydroxylation sites is 1. The Balaban J connectivity index is 1.52. The first-order valence-corrected chi connectivity index (χ1v) is 9.55. The summed E-state index contributed by atoms with van der Waals surface area (Å²) in [5, 5.41) is 3.56. The summed E-state index contributed by atoms with van der Waals surface area (Å²) in [6.45, 7) is 0. The maximum absolute atomic E-state index is 13.7. The van der Waals surface area contributed by atoms with Crippen LogP contribution in [-0.4, -0.2) is 16.6 Å². The van der Waals surface area contributed by atoms with Gasteiger partial charge >= 0.3 is 0 Å². The number of hydrogen-bond acceptors (Lipinski definition) is 4. The first kappa shape index (κ1) is 16.4. The second-order valence-corrected chi connectivity index (χ2v) is 7.76. The topological polar surface area (TPSA) is 42.0 Å². The summed E-state index contributed by atoms with van der Waals surface area (Å²) in [6, 6.07) is 12.5. The van der Waals surface area contributed by atoms with Gasteiger partial charge in [0, 0.05) is 10.2 Å². The number of nitrogens with one attached hydrogen (secondary N) is 1. The third-order valence-electron chi connectivity index (χ3n) is 3.00. The molecular weight excluding hydrogens is 399 g/mol. The summed E-state index contributed by atoms with van der Waals surface area (Å²) in [4.78, 5) is 16.4. The van der Waals surface area contributed by atoms with E-state index in [-0.39, 0.29) is 17.3 Å². The molecule has 0 bridgehead atoms. The maximum atomic E-state index is 13.7. The minimum absolute atomic E-state index is 0.193. The number of thioether (sulfide) groups is 1. The Bertz CT molecular complexity index is 820. The lowest BCUT2D eigenvalue weighted by molar-refractivity contribution is -0.113. The molecule has 1 aromatic heterocycles. The van der Waals surface area contributed by atoms with E-state index in [1.807, 2.05) is 24.3 Å². The summed E-state index contributed by atoms with van der Waals surface area (Å²) < 4.78 is 15.4. The zero-order chi connectivity index (χ0) is 16.2. The minimum atomic E-state index is -0.455. The molecule has 3 aromatic rings. The van der Waals surface area contributed by atoms with E-state index in [9.17, 15) is 9.18 Å². The van der Waals surface area contributed by atoms with Crippen molar-refractivity contribution in [3.63, 3.8) is 0 Å². The van der Waals surface area contributed by atoms with Crippen LogP contribution in [0.5, 0.6) is 0 Å². The lowest BCUT2D eigenvalue weighted by atomic mass is 10.3. The molecule has 0 atom stereocenters. The number of fused-ring (bicyclic) bond motifs is 1. The molecule has 0 aliphatic carbocycles. The number of anilines is 1. The summed E-state index contributed by atoms with van der Waals surface area (Å²) >= 11 is 6.27. The van der Waals surface area contributed by atoms with Crippen molar-refractivity contribution in [3.05, 3.63) is 57.8 Å². The number of hydrogen-bond donors (Lipinski definition) is 1. The summed E-state index contributed by atoms with van der Waals surface area (Å²) in [5.41, 5.74) is 1.17. The van der Waals surface area contributed by atoms with Gasteiger partial charge in [-0.3, -0.25) is 4.79 Å². The SMILES string of the molecule is O=C(CSCc1nc2ccccc2s1)Nc1ccc(Br)cc1F. The fourth-order valence-corrected chi connectivity index (χ4v) is 4.17. The van der Waals surface area contributed by atoms with Crippen LogP contribution in [0.1, 0.15) is 5.01 Å². The van der Waals surface area contributed by atoms with Crippen LogP contribution in [0.3, 0.4) is 0 Å². The predicted octanol–water partition coefficient (Wildman–Crippen LogP) is 5.07. The Morgan fingerprint density at radius 2 is 2.13 bits per heavy atom. The molecule has 3 rings (SSSR count). The van der Waals surface area contributed by atoms with Gasteiger partial charge in [0.05, 0.1) is 21.7 Å². The van der Waals surface area contributed by atoms with Gasteiger partial charge in [0.1, 0.15) is 10.8 Å². The number of amides is 1. The molecular formula is C16H12BrFN2OS2. The third-order valence-corrected chi connectivity index (χ3v) is 5.66. The normalized spacial score (nSPS) is 10.9. The Hall–Kier alpha value is -1.44. The van der Waals surface area contributed by atoms with Crippen molar-refractivity contribution < 1.29 is 9.18 Å². The van der Waals surface area contributed by atoms with E-state index in [4.69, 9.17) is 0 Å². The standard InChI is InChI=1S/C16H12BrFN2OS2/c17-10-5-6-12(11(18)7-10)19-15(21)8-22-9-16-20-13-3-1-2-4-14(13)23-16/h1-7H,8-9H2,(H,19,21). The zero-order valence-corrected chi connectivity index (χ0v) is 15.1. The molecule has 0 aliphatic heterocycles. The third kappa shape index (κ3) is 4.31. The zero-order valence-electron chi connectivity index (χ0n) is 11.9. The summed E-state index contributed by atoms with van der Waals surface area (Å²) in [6.07, 6.45) is 0. The Labute approximate surface area is 149 Å². The molecule has 1 N–H and O–H groups in total. The molecule has 1 heterocycles. The number of carbonyl (C=O) groups excluding carboxylic acids is 1. The number of carbonyl (C=O) groups is 1. The maximum Gasteiger partial charge on any atom is 0.234 e. The second-order valence-electron chi connectivity index (χ2n) is 4.74. The molecule has 23 heavy (non-hydrogen) atoms. The molecule has 0 aliphatic rings. The van der Waals surface area contributed by atoms with Crippen LogP contribution in [-0.2, 0) is 10.5 Å². The Morgan fingerprint density at radius 1 is 1.30 bits per heavy atom. The van der Waals surface area contributed by atoms with Crippen LogP contribution in [0, 0.1) is 5.82 Å². The van der Waals surface area contributed by atoms with Crippen LogP contribution in [0.2, 0.25) is 0 Å². The predicted molar refractivity (Wildman–Crippen MR) is 98.5 cm³/mol. The lowest BCUT2D eigenvalue weighted by Gasteiger charge is -2.06. The molecule has 3 nitrogen and oxygen atoms in total. The van der Waals surface area contributed by atoms with Gasteiger partial charge in [-0.25, -0.2) is 9.37 Å². The average Bonchev–Trinajstić information content (AvgIpc) is 2.93. The highest BCUT2D eigenvalue weighted by atomic mass is 79.9. The number of benzene rings is 2. The van der Waals surface area contributed by atoms with Crippen molar-refractivity contribution >= 4 is 60.8 Å². The van der Waals surface area contributed by atoms with E-state index in [2.05, 4.69) is 26.2 Å². The van der Waals surface area contributed by atoms with Crippen molar-refractivity contribution in [2.75, 3.05) is 11.1 Å². The van der Waals surface area contributed by atoms with Crippen molar-refractivity contribution in [2.24, 2.45) is 0 Å². The monoisotopic (exact) mass is 410 g/mol. The molecule has 7 heteroatoms. The van der Waals surface area contributed by atoms with Gasteiger partial charge in [-0.1, -0.05) is 28.1 Å².